The summed E-state index contributed by atoms with van der Waals surface area (Å²) in [5.74, 6) is -1.91. The van der Waals surface area contributed by atoms with E-state index in [-0.39, 0.29) is 14.8 Å². The minimum absolute atomic E-state index is 0.0393. The van der Waals surface area contributed by atoms with Crippen molar-refractivity contribution in [3.05, 3.63) is 40.8 Å². The molecule has 0 unspecified atom stereocenters. The molecule has 0 radical (unpaired) electrons. The van der Waals surface area contributed by atoms with E-state index in [4.69, 9.17) is 5.11 Å². The molecule has 0 aliphatic heterocycles. The normalized spacial score (nSPS) is 11.3. The van der Waals surface area contributed by atoms with Gasteiger partial charge in [0, 0.05) is 0 Å². The number of carboxylic acid groups (broad SMARTS) is 1. The fourth-order valence-corrected chi connectivity index (χ4v) is 3.86. The number of nitrogens with one attached hydrogen (secondary N) is 1. The summed E-state index contributed by atoms with van der Waals surface area (Å²) in [7, 11) is -3.92. The van der Waals surface area contributed by atoms with Crippen LogP contribution in [-0.4, -0.2) is 24.5 Å². The van der Waals surface area contributed by atoms with E-state index in [9.17, 15) is 17.6 Å². The van der Waals surface area contributed by atoms with E-state index in [0.717, 1.165) is 12.3 Å². The topological polar surface area (TPSA) is 96.4 Å². The number of pyridine rings is 1. The first kappa shape index (κ1) is 14.4. The first-order chi connectivity index (χ1) is 9.29. The summed E-state index contributed by atoms with van der Waals surface area (Å²) in [6.45, 7) is 1.51. The summed E-state index contributed by atoms with van der Waals surface area (Å²) in [4.78, 5) is 14.2. The fraction of sp³-hybridized carbons (Fsp3) is 0.0909. The monoisotopic (exact) mass is 316 g/mol. The molecule has 0 saturated heterocycles. The molecule has 2 N–H and O–H groups in total. The van der Waals surface area contributed by atoms with Crippen LogP contribution in [0.25, 0.3) is 0 Å². The maximum atomic E-state index is 12.6. The van der Waals surface area contributed by atoms with Gasteiger partial charge in [-0.1, -0.05) is 0 Å². The average Bonchev–Trinajstić information content (AvgIpc) is 2.75. The van der Waals surface area contributed by atoms with Crippen LogP contribution in [-0.2, 0) is 10.0 Å². The van der Waals surface area contributed by atoms with Crippen LogP contribution in [0.3, 0.4) is 0 Å². The average molecular weight is 316 g/mol. The van der Waals surface area contributed by atoms with Gasteiger partial charge in [-0.2, -0.15) is 4.39 Å². The van der Waals surface area contributed by atoms with Gasteiger partial charge in [0.15, 0.2) is 0 Å². The van der Waals surface area contributed by atoms with Crippen LogP contribution in [0, 0.1) is 12.9 Å². The SMILES string of the molecule is Cc1cc(S(=O)(=O)Nc2ccc(F)nc2)sc1C(=O)O. The van der Waals surface area contributed by atoms with Crippen molar-refractivity contribution in [3.8, 4) is 0 Å². The molecule has 106 valence electrons. The van der Waals surface area contributed by atoms with Gasteiger partial charge in [-0.25, -0.2) is 18.2 Å². The Kier molecular flexibility index (Phi) is 3.73. The highest BCUT2D eigenvalue weighted by Crippen LogP contribution is 2.27. The Hall–Kier alpha value is -2.00. The Morgan fingerprint density at radius 3 is 2.65 bits per heavy atom. The lowest BCUT2D eigenvalue weighted by molar-refractivity contribution is 0.0701. The van der Waals surface area contributed by atoms with Crippen LogP contribution in [0.1, 0.15) is 15.2 Å². The van der Waals surface area contributed by atoms with Crippen molar-refractivity contribution in [1.29, 1.82) is 0 Å². The minimum atomic E-state index is -3.92. The second-order valence-corrected chi connectivity index (χ2v) is 6.82. The van der Waals surface area contributed by atoms with Crippen molar-refractivity contribution < 1.29 is 22.7 Å². The van der Waals surface area contributed by atoms with Crippen LogP contribution in [0.5, 0.6) is 0 Å². The number of sulfonamides is 1. The molecule has 2 aromatic heterocycles. The number of thiophene rings is 1. The minimum Gasteiger partial charge on any atom is -0.477 e. The number of halogens is 1. The number of aromatic carboxylic acids is 1. The summed E-state index contributed by atoms with van der Waals surface area (Å²) in [6, 6.07) is 3.51. The number of aryl methyl sites for hydroxylation is 1. The van der Waals surface area contributed by atoms with E-state index >= 15 is 0 Å². The first-order valence-corrected chi connectivity index (χ1v) is 7.57. The van der Waals surface area contributed by atoms with Gasteiger partial charge in [0.1, 0.15) is 9.09 Å². The Morgan fingerprint density at radius 1 is 1.45 bits per heavy atom. The van der Waals surface area contributed by atoms with Crippen LogP contribution in [0.4, 0.5) is 10.1 Å². The van der Waals surface area contributed by atoms with Crippen molar-refractivity contribution in [2.45, 2.75) is 11.1 Å². The summed E-state index contributed by atoms with van der Waals surface area (Å²) in [5.41, 5.74) is 0.453. The van der Waals surface area contributed by atoms with Crippen LogP contribution >= 0.6 is 11.3 Å². The smallest absolute Gasteiger partial charge is 0.346 e. The van der Waals surface area contributed by atoms with Gasteiger partial charge in [-0.3, -0.25) is 4.72 Å². The van der Waals surface area contributed by atoms with Crippen molar-refractivity contribution in [1.82, 2.24) is 4.98 Å². The van der Waals surface area contributed by atoms with E-state index < -0.39 is 21.9 Å². The lowest BCUT2D eigenvalue weighted by Gasteiger charge is -2.05. The van der Waals surface area contributed by atoms with Crippen molar-refractivity contribution in [2.75, 3.05) is 4.72 Å². The molecule has 0 aliphatic rings. The maximum absolute atomic E-state index is 12.6. The molecule has 2 rings (SSSR count). The zero-order valence-corrected chi connectivity index (χ0v) is 11.8. The van der Waals surface area contributed by atoms with Crippen molar-refractivity contribution in [2.24, 2.45) is 0 Å². The molecule has 0 bridgehead atoms. The van der Waals surface area contributed by atoms with Gasteiger partial charge in [0.2, 0.25) is 5.95 Å². The second kappa shape index (κ2) is 5.17. The zero-order valence-electron chi connectivity index (χ0n) is 10.1. The number of anilines is 1. The third-order valence-corrected chi connectivity index (χ3v) is 5.41. The first-order valence-electron chi connectivity index (χ1n) is 5.28. The lowest BCUT2D eigenvalue weighted by atomic mass is 10.3. The zero-order chi connectivity index (χ0) is 14.9. The largest absolute Gasteiger partial charge is 0.477 e. The summed E-state index contributed by atoms with van der Waals surface area (Å²) >= 11 is 0.652. The number of hydrogen-bond acceptors (Lipinski definition) is 5. The van der Waals surface area contributed by atoms with Crippen molar-refractivity contribution >= 4 is 33.0 Å². The molecule has 0 saturated carbocycles. The van der Waals surface area contributed by atoms with Gasteiger partial charge in [0.25, 0.3) is 10.0 Å². The molecule has 0 atom stereocenters. The molecule has 20 heavy (non-hydrogen) atoms. The highest BCUT2D eigenvalue weighted by atomic mass is 32.2. The number of carbonyl (C=O) groups is 1. The molecular formula is C11H9FN2O4S2. The second-order valence-electron chi connectivity index (χ2n) is 3.86. The Labute approximate surface area is 118 Å². The molecule has 2 aromatic rings. The van der Waals surface area contributed by atoms with E-state index in [1.165, 1.54) is 19.1 Å². The molecule has 6 nitrogen and oxygen atoms in total. The fourth-order valence-electron chi connectivity index (χ4n) is 1.44. The predicted octanol–water partition coefficient (Wildman–Crippen LogP) is 2.09. The van der Waals surface area contributed by atoms with Crippen LogP contribution < -0.4 is 4.72 Å². The molecule has 0 amide bonds. The van der Waals surface area contributed by atoms with Crippen molar-refractivity contribution in [3.63, 3.8) is 0 Å². The highest BCUT2D eigenvalue weighted by Gasteiger charge is 2.21. The number of carboxylic acids is 1. The summed E-state index contributed by atoms with van der Waals surface area (Å²) in [6.07, 6.45) is 1.03. The Morgan fingerprint density at radius 2 is 2.15 bits per heavy atom. The molecule has 0 aliphatic carbocycles. The van der Waals surface area contributed by atoms with Gasteiger partial charge < -0.3 is 5.11 Å². The van der Waals surface area contributed by atoms with Gasteiger partial charge >= 0.3 is 5.97 Å². The molecule has 2 heterocycles. The van der Waals surface area contributed by atoms with E-state index in [0.29, 0.717) is 16.9 Å². The predicted molar refractivity (Wildman–Crippen MR) is 71.0 cm³/mol. The standard InChI is InChI=1S/C11H9FN2O4S2/c1-6-4-9(19-10(6)11(15)16)20(17,18)14-7-2-3-8(12)13-5-7/h2-5,14H,1H3,(H,15,16). The third kappa shape index (κ3) is 2.94. The van der Waals surface area contributed by atoms with Crippen LogP contribution in [0.2, 0.25) is 0 Å². The quantitative estimate of drug-likeness (QED) is 0.842. The summed E-state index contributed by atoms with van der Waals surface area (Å²) in [5, 5.41) is 8.91. The molecular weight excluding hydrogens is 307 g/mol. The maximum Gasteiger partial charge on any atom is 0.346 e. The Balaban J connectivity index is 2.33. The molecule has 9 heteroatoms. The Bertz CT molecular complexity index is 753. The van der Waals surface area contributed by atoms with Crippen LogP contribution in [0.15, 0.2) is 28.6 Å². The van der Waals surface area contributed by atoms with Gasteiger partial charge in [-0.05, 0) is 30.7 Å². The molecule has 0 spiro atoms. The summed E-state index contributed by atoms with van der Waals surface area (Å²) < 4.78 is 38.8. The van der Waals surface area contributed by atoms with E-state index in [1.54, 1.807) is 0 Å². The number of hydrogen-bond donors (Lipinski definition) is 2. The molecule has 0 aromatic carbocycles. The number of nitrogens with zero attached hydrogens (tertiary/aromatic N) is 1. The highest BCUT2D eigenvalue weighted by molar-refractivity contribution is 7.94. The van der Waals surface area contributed by atoms with E-state index in [2.05, 4.69) is 9.71 Å². The lowest BCUT2D eigenvalue weighted by Crippen LogP contribution is -2.11. The number of aromatic nitrogens is 1. The van der Waals surface area contributed by atoms with E-state index in [1.807, 2.05) is 0 Å². The molecule has 0 fully saturated rings. The van der Waals surface area contributed by atoms with Gasteiger partial charge in [-0.15, -0.1) is 11.3 Å². The third-order valence-electron chi connectivity index (χ3n) is 2.33. The number of rotatable bonds is 4. The van der Waals surface area contributed by atoms with Gasteiger partial charge in [0.05, 0.1) is 11.9 Å².